The summed E-state index contributed by atoms with van der Waals surface area (Å²) < 4.78 is 36.2. The first-order valence-corrected chi connectivity index (χ1v) is 4.01. The van der Waals surface area contributed by atoms with E-state index < -0.39 is 13.3 Å². The van der Waals surface area contributed by atoms with Crippen LogP contribution in [0, 0.1) is 0 Å². The number of halogens is 3. The third kappa shape index (κ3) is 4.95. The van der Waals surface area contributed by atoms with Crippen LogP contribution in [0.5, 0.6) is 0 Å². The summed E-state index contributed by atoms with van der Waals surface area (Å²) in [4.78, 5) is 0. The van der Waals surface area contributed by atoms with Crippen LogP contribution in [0.3, 0.4) is 0 Å². The normalized spacial score (nSPS) is 10.9. The minimum absolute atomic E-state index is 0. The van der Waals surface area contributed by atoms with E-state index in [9.17, 15) is 12.9 Å². The van der Waals surface area contributed by atoms with E-state index in [1.54, 1.807) is 18.2 Å². The van der Waals surface area contributed by atoms with Gasteiger partial charge in [0.25, 0.3) is 0 Å². The zero-order valence-corrected chi connectivity index (χ0v) is 11.1. The van der Waals surface area contributed by atoms with Gasteiger partial charge in [-0.25, -0.2) is 0 Å². The fourth-order valence-corrected chi connectivity index (χ4v) is 1.21. The number of rotatable bonds is 3. The van der Waals surface area contributed by atoms with E-state index in [0.717, 1.165) is 0 Å². The number of hydrogen-bond donors (Lipinski definition) is 1. The van der Waals surface area contributed by atoms with Gasteiger partial charge in [0.15, 0.2) is 0 Å². The maximum atomic E-state index is 12.1. The first-order chi connectivity index (χ1) is 6.03. The predicted molar refractivity (Wildman–Crippen MR) is 47.1 cm³/mol. The Labute approximate surface area is 124 Å². The average Bonchev–Trinajstić information content (AvgIpc) is 2.02. The molecule has 72 valence electrons. The van der Waals surface area contributed by atoms with Gasteiger partial charge in [-0.1, -0.05) is 36.1 Å². The molecule has 0 heterocycles. The molecular formula is C8H10BF3KN. The molecule has 1 rings (SSSR count). The largest absolute Gasteiger partial charge is 1.00 e. The van der Waals surface area contributed by atoms with Gasteiger partial charge in [0, 0.05) is 6.54 Å². The Morgan fingerprint density at radius 3 is 2.00 bits per heavy atom. The molecule has 0 saturated heterocycles. The maximum Gasteiger partial charge on any atom is 1.00 e. The Bertz CT molecular complexity index is 290. The van der Waals surface area contributed by atoms with Crippen molar-refractivity contribution in [2.24, 2.45) is 5.73 Å². The van der Waals surface area contributed by atoms with Crippen LogP contribution in [0.2, 0.25) is 0 Å². The SMILES string of the molecule is NCc1ccccc1C[B-](F)(F)F.[K+]. The molecule has 0 aliphatic rings. The predicted octanol–water partition coefficient (Wildman–Crippen LogP) is -0.922. The van der Waals surface area contributed by atoms with Gasteiger partial charge in [0.1, 0.15) is 0 Å². The molecule has 0 unspecified atom stereocenters. The molecule has 1 nitrogen and oxygen atoms in total. The fraction of sp³-hybridized carbons (Fsp3) is 0.250. The maximum absolute atomic E-state index is 12.1. The fourth-order valence-electron chi connectivity index (χ4n) is 1.21. The van der Waals surface area contributed by atoms with E-state index in [1.165, 1.54) is 6.07 Å². The first-order valence-electron chi connectivity index (χ1n) is 4.01. The van der Waals surface area contributed by atoms with Crippen molar-refractivity contribution in [2.45, 2.75) is 12.9 Å². The van der Waals surface area contributed by atoms with Crippen molar-refractivity contribution in [3.05, 3.63) is 35.4 Å². The Balaban J connectivity index is 0.00000169. The zero-order chi connectivity index (χ0) is 9.90. The standard InChI is InChI=1S/C8H10BF3N.K/c10-9(11,12)5-7-3-1-2-4-8(7)6-13;/h1-4H,5-6,13H2;/q-1;+1. The van der Waals surface area contributed by atoms with Crippen molar-refractivity contribution in [3.63, 3.8) is 0 Å². The zero-order valence-electron chi connectivity index (χ0n) is 8.01. The minimum atomic E-state index is -4.76. The molecule has 0 saturated carbocycles. The van der Waals surface area contributed by atoms with Crippen LogP contribution in [0.25, 0.3) is 0 Å². The van der Waals surface area contributed by atoms with Crippen molar-refractivity contribution in [2.75, 3.05) is 0 Å². The van der Waals surface area contributed by atoms with Crippen LogP contribution in [-0.2, 0) is 12.9 Å². The molecule has 0 bridgehead atoms. The second-order valence-electron chi connectivity index (χ2n) is 2.89. The van der Waals surface area contributed by atoms with Gasteiger partial charge >= 0.3 is 58.4 Å². The molecule has 6 heteroatoms. The third-order valence-corrected chi connectivity index (χ3v) is 1.79. The molecular weight excluding hydrogens is 217 g/mol. The van der Waals surface area contributed by atoms with Gasteiger partial charge in [-0.3, -0.25) is 0 Å². The van der Waals surface area contributed by atoms with Crippen molar-refractivity contribution in [1.29, 1.82) is 0 Å². The average molecular weight is 227 g/mol. The summed E-state index contributed by atoms with van der Waals surface area (Å²) in [6.45, 7) is -4.61. The Morgan fingerprint density at radius 2 is 1.57 bits per heavy atom. The Hall–Kier alpha value is 0.671. The smallest absolute Gasteiger partial charge is 0.449 e. The van der Waals surface area contributed by atoms with Gasteiger partial charge in [0.2, 0.25) is 0 Å². The number of nitrogens with two attached hydrogens (primary N) is 1. The van der Waals surface area contributed by atoms with Crippen LogP contribution in [0.1, 0.15) is 11.1 Å². The molecule has 0 amide bonds. The van der Waals surface area contributed by atoms with E-state index in [0.29, 0.717) is 5.56 Å². The van der Waals surface area contributed by atoms with Crippen LogP contribution < -0.4 is 57.1 Å². The Morgan fingerprint density at radius 1 is 1.07 bits per heavy atom. The molecule has 0 fully saturated rings. The van der Waals surface area contributed by atoms with Crippen LogP contribution in [-0.4, -0.2) is 6.98 Å². The molecule has 0 radical (unpaired) electrons. The molecule has 0 aromatic heterocycles. The van der Waals surface area contributed by atoms with E-state index >= 15 is 0 Å². The second-order valence-corrected chi connectivity index (χ2v) is 2.89. The molecule has 0 aliphatic heterocycles. The van der Waals surface area contributed by atoms with E-state index in [2.05, 4.69) is 0 Å². The summed E-state index contributed by atoms with van der Waals surface area (Å²) in [6, 6.07) is 6.37. The van der Waals surface area contributed by atoms with Gasteiger partial charge in [-0.05, 0) is 5.56 Å². The molecule has 0 atom stereocenters. The summed E-state index contributed by atoms with van der Waals surface area (Å²) in [5, 5.41) is 0. The first kappa shape index (κ1) is 14.7. The van der Waals surface area contributed by atoms with Gasteiger partial charge in [-0.2, -0.15) is 0 Å². The van der Waals surface area contributed by atoms with E-state index in [1.807, 2.05) is 0 Å². The van der Waals surface area contributed by atoms with E-state index in [4.69, 9.17) is 5.73 Å². The Kier molecular flexibility index (Phi) is 6.60. The van der Waals surface area contributed by atoms with Crippen molar-refractivity contribution < 1.29 is 64.3 Å². The van der Waals surface area contributed by atoms with E-state index in [-0.39, 0.29) is 63.5 Å². The van der Waals surface area contributed by atoms with Crippen molar-refractivity contribution >= 4 is 6.98 Å². The number of benzene rings is 1. The van der Waals surface area contributed by atoms with Crippen LogP contribution in [0.4, 0.5) is 12.9 Å². The van der Waals surface area contributed by atoms with Crippen molar-refractivity contribution in [3.8, 4) is 0 Å². The third-order valence-electron chi connectivity index (χ3n) is 1.79. The molecule has 2 N–H and O–H groups in total. The quantitative estimate of drug-likeness (QED) is 0.664. The van der Waals surface area contributed by atoms with Gasteiger partial charge in [0.05, 0.1) is 0 Å². The monoisotopic (exact) mass is 227 g/mol. The van der Waals surface area contributed by atoms with Crippen LogP contribution in [0.15, 0.2) is 24.3 Å². The summed E-state index contributed by atoms with van der Waals surface area (Å²) in [7, 11) is 0. The molecule has 0 spiro atoms. The summed E-state index contributed by atoms with van der Waals surface area (Å²) >= 11 is 0. The minimum Gasteiger partial charge on any atom is -0.449 e. The molecule has 0 aliphatic carbocycles. The summed E-state index contributed by atoms with van der Waals surface area (Å²) in [6.07, 6.45) is -0.840. The number of hydrogen-bond acceptors (Lipinski definition) is 1. The topological polar surface area (TPSA) is 26.0 Å². The van der Waals surface area contributed by atoms with Crippen molar-refractivity contribution in [1.82, 2.24) is 0 Å². The van der Waals surface area contributed by atoms with Gasteiger partial charge in [-0.15, -0.1) is 0 Å². The van der Waals surface area contributed by atoms with Gasteiger partial charge < -0.3 is 18.7 Å². The molecule has 14 heavy (non-hydrogen) atoms. The summed E-state index contributed by atoms with van der Waals surface area (Å²) in [5.41, 5.74) is 6.17. The summed E-state index contributed by atoms with van der Waals surface area (Å²) in [5.74, 6) is 0. The second kappa shape index (κ2) is 6.30. The van der Waals surface area contributed by atoms with Crippen LogP contribution >= 0.6 is 0 Å². The molecule has 1 aromatic carbocycles. The molecule has 1 aromatic rings.